The topological polar surface area (TPSA) is 96.0 Å². The molecule has 0 amide bonds. The molecule has 1 aliphatic heterocycles. The summed E-state index contributed by atoms with van der Waals surface area (Å²) in [4.78, 5) is 2.80. The Balaban J connectivity index is 2.44. The van der Waals surface area contributed by atoms with E-state index < -0.39 is 9.84 Å². The van der Waals surface area contributed by atoms with Crippen molar-refractivity contribution in [3.05, 3.63) is 23.8 Å². The molecule has 6 nitrogen and oxygen atoms in total. The zero-order valence-corrected chi connectivity index (χ0v) is 13.6. The number of anilines is 1. The lowest BCUT2D eigenvalue weighted by atomic mass is 10.1. The van der Waals surface area contributed by atoms with E-state index in [2.05, 4.69) is 5.16 Å². The smallest absolute Gasteiger partial charge is 0.173 e. The minimum atomic E-state index is -2.96. The van der Waals surface area contributed by atoms with Crippen LogP contribution in [0.4, 0.5) is 5.69 Å². The normalized spacial score (nSPS) is 21.4. The summed E-state index contributed by atoms with van der Waals surface area (Å²) in [6, 6.07) is 5.55. The van der Waals surface area contributed by atoms with Gasteiger partial charge in [0.15, 0.2) is 15.7 Å². The first-order valence-corrected chi connectivity index (χ1v) is 9.52. The molecule has 8 heteroatoms. The van der Waals surface area contributed by atoms with Gasteiger partial charge in [0.25, 0.3) is 0 Å². The van der Waals surface area contributed by atoms with Gasteiger partial charge in [0.1, 0.15) is 0 Å². The number of nitrogens with zero attached hydrogens (tertiary/aromatic N) is 2. The molecule has 1 aliphatic rings. The van der Waals surface area contributed by atoms with Gasteiger partial charge in [-0.25, -0.2) is 8.42 Å². The van der Waals surface area contributed by atoms with E-state index in [1.54, 1.807) is 0 Å². The first kappa shape index (κ1) is 16.0. The average Bonchev–Trinajstić information content (AvgIpc) is 2.84. The molecule has 1 heterocycles. The number of sulfone groups is 1. The van der Waals surface area contributed by atoms with Crippen molar-refractivity contribution in [2.75, 3.05) is 29.7 Å². The highest BCUT2D eigenvalue weighted by Crippen LogP contribution is 2.32. The van der Waals surface area contributed by atoms with Gasteiger partial charge in [-0.1, -0.05) is 11.2 Å². The zero-order valence-electron chi connectivity index (χ0n) is 12.0. The van der Waals surface area contributed by atoms with E-state index in [4.69, 9.17) is 10.9 Å². The number of benzene rings is 1. The van der Waals surface area contributed by atoms with Gasteiger partial charge in [0.2, 0.25) is 0 Å². The maximum absolute atomic E-state index is 11.7. The molecule has 1 unspecified atom stereocenters. The van der Waals surface area contributed by atoms with Crippen LogP contribution in [0.5, 0.6) is 0 Å². The highest BCUT2D eigenvalue weighted by molar-refractivity contribution is 7.98. The fourth-order valence-electron chi connectivity index (χ4n) is 2.57. The molecule has 1 aromatic carbocycles. The van der Waals surface area contributed by atoms with Gasteiger partial charge in [0.05, 0.1) is 17.1 Å². The SMILES string of the molecule is CSc1cccc(N(C)C2CCS(=O)(=O)C2)c1/C(N)=N/O. The second-order valence-electron chi connectivity index (χ2n) is 5.01. The van der Waals surface area contributed by atoms with E-state index >= 15 is 0 Å². The van der Waals surface area contributed by atoms with Crippen molar-refractivity contribution in [2.24, 2.45) is 10.9 Å². The first-order valence-electron chi connectivity index (χ1n) is 6.47. The maximum atomic E-state index is 11.7. The van der Waals surface area contributed by atoms with Crippen LogP contribution in [0.3, 0.4) is 0 Å². The Hall–Kier alpha value is -1.41. The Morgan fingerprint density at radius 2 is 2.24 bits per heavy atom. The van der Waals surface area contributed by atoms with E-state index in [1.807, 2.05) is 36.4 Å². The molecule has 1 aromatic rings. The molecule has 0 aromatic heterocycles. The number of amidine groups is 1. The number of hydrogen-bond donors (Lipinski definition) is 2. The van der Waals surface area contributed by atoms with Crippen molar-refractivity contribution >= 4 is 33.1 Å². The molecule has 1 atom stereocenters. The molecule has 3 N–H and O–H groups in total. The summed E-state index contributed by atoms with van der Waals surface area (Å²) >= 11 is 1.50. The van der Waals surface area contributed by atoms with Gasteiger partial charge in [-0.3, -0.25) is 0 Å². The molecule has 0 spiro atoms. The number of hydrogen-bond acceptors (Lipinski definition) is 6. The van der Waals surface area contributed by atoms with Crippen LogP contribution in [0.1, 0.15) is 12.0 Å². The summed E-state index contributed by atoms with van der Waals surface area (Å²) in [7, 11) is -1.11. The summed E-state index contributed by atoms with van der Waals surface area (Å²) in [5.41, 5.74) is 7.22. The Bertz CT molecular complexity index is 659. The molecule has 2 rings (SSSR count). The van der Waals surface area contributed by atoms with E-state index in [0.29, 0.717) is 12.0 Å². The van der Waals surface area contributed by atoms with Crippen molar-refractivity contribution in [1.82, 2.24) is 0 Å². The monoisotopic (exact) mass is 329 g/mol. The second-order valence-corrected chi connectivity index (χ2v) is 8.08. The second kappa shape index (κ2) is 6.15. The zero-order chi connectivity index (χ0) is 15.6. The molecule has 21 heavy (non-hydrogen) atoms. The molecular formula is C13H19N3O3S2. The Morgan fingerprint density at radius 3 is 2.76 bits per heavy atom. The third-order valence-corrected chi connectivity index (χ3v) is 6.25. The molecule has 1 fully saturated rings. The third kappa shape index (κ3) is 3.26. The fourth-order valence-corrected chi connectivity index (χ4v) is 4.97. The van der Waals surface area contributed by atoms with Gasteiger partial charge in [-0.15, -0.1) is 11.8 Å². The standard InChI is InChI=1S/C13H19N3O3S2/c1-16(9-6-7-21(18,19)8-9)10-4-3-5-11(20-2)12(10)13(14)15-17/h3-5,9,17H,6-8H2,1-2H3,(H2,14,15). The molecular weight excluding hydrogens is 310 g/mol. The molecule has 0 radical (unpaired) electrons. The van der Waals surface area contributed by atoms with Gasteiger partial charge < -0.3 is 15.8 Å². The van der Waals surface area contributed by atoms with Crippen LogP contribution in [0.25, 0.3) is 0 Å². The highest BCUT2D eigenvalue weighted by atomic mass is 32.2. The van der Waals surface area contributed by atoms with Crippen LogP contribution < -0.4 is 10.6 Å². The lowest BCUT2D eigenvalue weighted by Crippen LogP contribution is -2.34. The minimum Gasteiger partial charge on any atom is -0.409 e. The minimum absolute atomic E-state index is 0.0302. The predicted molar refractivity (Wildman–Crippen MR) is 86.2 cm³/mol. The van der Waals surface area contributed by atoms with Crippen LogP contribution in [-0.2, 0) is 9.84 Å². The van der Waals surface area contributed by atoms with Gasteiger partial charge >= 0.3 is 0 Å². The Kier molecular flexibility index (Phi) is 4.67. The number of nitrogens with two attached hydrogens (primary N) is 1. The molecule has 0 aliphatic carbocycles. The summed E-state index contributed by atoms with van der Waals surface area (Å²) in [5.74, 6) is 0.383. The van der Waals surface area contributed by atoms with Crippen molar-refractivity contribution in [3.8, 4) is 0 Å². The summed E-state index contributed by atoms with van der Waals surface area (Å²) < 4.78 is 23.3. The fraction of sp³-hybridized carbons (Fsp3) is 0.462. The molecule has 116 valence electrons. The quantitative estimate of drug-likeness (QED) is 0.283. The van der Waals surface area contributed by atoms with Crippen molar-refractivity contribution in [3.63, 3.8) is 0 Å². The third-order valence-electron chi connectivity index (χ3n) is 3.72. The van der Waals surface area contributed by atoms with Gasteiger partial charge in [0, 0.05) is 23.7 Å². The van der Waals surface area contributed by atoms with Crippen LogP contribution >= 0.6 is 11.8 Å². The summed E-state index contributed by atoms with van der Waals surface area (Å²) in [6.45, 7) is 0. The molecule has 0 bridgehead atoms. The van der Waals surface area contributed by atoms with E-state index in [1.165, 1.54) is 11.8 Å². The first-order chi connectivity index (χ1) is 9.89. The largest absolute Gasteiger partial charge is 0.409 e. The Morgan fingerprint density at radius 1 is 1.52 bits per heavy atom. The number of oxime groups is 1. The van der Waals surface area contributed by atoms with Gasteiger partial charge in [-0.2, -0.15) is 0 Å². The van der Waals surface area contributed by atoms with E-state index in [9.17, 15) is 8.42 Å². The van der Waals surface area contributed by atoms with Crippen LogP contribution in [0.2, 0.25) is 0 Å². The maximum Gasteiger partial charge on any atom is 0.173 e. The summed E-state index contributed by atoms with van der Waals surface area (Å²) in [6.07, 6.45) is 2.51. The van der Waals surface area contributed by atoms with E-state index in [-0.39, 0.29) is 23.4 Å². The highest BCUT2D eigenvalue weighted by Gasteiger charge is 2.32. The lowest BCUT2D eigenvalue weighted by Gasteiger charge is -2.28. The molecule has 0 saturated carbocycles. The van der Waals surface area contributed by atoms with E-state index in [0.717, 1.165) is 10.6 Å². The van der Waals surface area contributed by atoms with Crippen molar-refractivity contribution in [1.29, 1.82) is 0 Å². The van der Waals surface area contributed by atoms with Crippen molar-refractivity contribution < 1.29 is 13.6 Å². The summed E-state index contributed by atoms with van der Waals surface area (Å²) in [5, 5.41) is 12.1. The Labute approximate surface area is 128 Å². The van der Waals surface area contributed by atoms with Crippen LogP contribution in [0.15, 0.2) is 28.3 Å². The predicted octanol–water partition coefficient (Wildman–Crippen LogP) is 1.13. The number of thioether (sulfide) groups is 1. The van der Waals surface area contributed by atoms with Gasteiger partial charge in [-0.05, 0) is 24.8 Å². The van der Waals surface area contributed by atoms with Crippen LogP contribution in [0, 0.1) is 0 Å². The van der Waals surface area contributed by atoms with Crippen LogP contribution in [-0.4, -0.2) is 50.3 Å². The average molecular weight is 329 g/mol. The number of rotatable bonds is 4. The van der Waals surface area contributed by atoms with Crippen molar-refractivity contribution in [2.45, 2.75) is 17.4 Å². The molecule has 1 saturated heterocycles. The lowest BCUT2D eigenvalue weighted by molar-refractivity contribution is 0.318.